The molecule has 1 atom stereocenters. The summed E-state index contributed by atoms with van der Waals surface area (Å²) in [4.78, 5) is 11.2. The number of benzene rings is 1. The molecule has 0 radical (unpaired) electrons. The van der Waals surface area contributed by atoms with Crippen LogP contribution in [0.5, 0.6) is 0 Å². The molecule has 3 nitrogen and oxygen atoms in total. The van der Waals surface area contributed by atoms with Gasteiger partial charge in [-0.15, -0.1) is 0 Å². The Morgan fingerprint density at radius 2 is 1.94 bits per heavy atom. The zero-order valence-corrected chi connectivity index (χ0v) is 10.2. The number of nitrogens with one attached hydrogen (secondary N) is 1. The van der Waals surface area contributed by atoms with Gasteiger partial charge in [0.25, 0.3) is 0 Å². The van der Waals surface area contributed by atoms with Gasteiger partial charge in [0.15, 0.2) is 0 Å². The molecule has 1 amide bonds. The molecule has 0 fully saturated rings. The van der Waals surface area contributed by atoms with Crippen LogP contribution in [0.2, 0.25) is 0 Å². The number of carbonyl (C=O) groups is 1. The van der Waals surface area contributed by atoms with E-state index in [-0.39, 0.29) is 11.4 Å². The summed E-state index contributed by atoms with van der Waals surface area (Å²) in [6.07, 6.45) is 1.15. The largest absolute Gasteiger partial charge is 0.370 e. The fourth-order valence-corrected chi connectivity index (χ4v) is 2.01. The van der Waals surface area contributed by atoms with E-state index in [2.05, 4.69) is 36.5 Å². The molecule has 1 unspecified atom stereocenters. The fourth-order valence-electron chi connectivity index (χ4n) is 2.01. The molecule has 0 saturated carbocycles. The second-order valence-corrected chi connectivity index (χ2v) is 4.19. The lowest BCUT2D eigenvalue weighted by Gasteiger charge is -2.32. The van der Waals surface area contributed by atoms with Crippen LogP contribution in [0.1, 0.15) is 30.9 Å². The van der Waals surface area contributed by atoms with Crippen molar-refractivity contribution in [2.75, 3.05) is 7.05 Å². The van der Waals surface area contributed by atoms with Crippen LogP contribution in [0.4, 0.5) is 0 Å². The van der Waals surface area contributed by atoms with Crippen molar-refractivity contribution in [1.29, 1.82) is 0 Å². The molecule has 0 saturated heterocycles. The Morgan fingerprint density at radius 3 is 2.31 bits per heavy atom. The van der Waals surface area contributed by atoms with Crippen LogP contribution < -0.4 is 11.1 Å². The Balaban J connectivity index is 3.09. The van der Waals surface area contributed by atoms with Gasteiger partial charge in [-0.1, -0.05) is 36.8 Å². The Bertz CT molecular complexity index is 353. The first-order valence-corrected chi connectivity index (χ1v) is 5.58. The van der Waals surface area contributed by atoms with Gasteiger partial charge in [-0.2, -0.15) is 0 Å². The average molecular weight is 220 g/mol. The van der Waals surface area contributed by atoms with E-state index in [0.29, 0.717) is 6.42 Å². The number of carbonyl (C=O) groups excluding carboxylic acids is 1. The third-order valence-corrected chi connectivity index (χ3v) is 3.16. The van der Waals surface area contributed by atoms with Gasteiger partial charge in [0.05, 0.1) is 5.54 Å². The van der Waals surface area contributed by atoms with E-state index in [9.17, 15) is 4.79 Å². The maximum Gasteiger partial charge on any atom is 0.219 e. The first-order valence-electron chi connectivity index (χ1n) is 5.58. The third kappa shape index (κ3) is 2.61. The van der Waals surface area contributed by atoms with E-state index >= 15 is 0 Å². The van der Waals surface area contributed by atoms with Gasteiger partial charge >= 0.3 is 0 Å². The summed E-state index contributed by atoms with van der Waals surface area (Å²) in [7, 11) is 1.87. The van der Waals surface area contributed by atoms with Crippen molar-refractivity contribution in [3.8, 4) is 0 Å². The Hall–Kier alpha value is -1.35. The standard InChI is InChI=1S/C13H20N2O/c1-4-13(15-3,9-12(14)16)11-7-5-10(2)6-8-11/h5-8,15H,4,9H2,1-3H3,(H2,14,16). The maximum absolute atomic E-state index is 11.2. The highest BCUT2D eigenvalue weighted by Gasteiger charge is 2.30. The smallest absolute Gasteiger partial charge is 0.219 e. The van der Waals surface area contributed by atoms with Crippen LogP contribution in [-0.4, -0.2) is 13.0 Å². The Kier molecular flexibility index (Phi) is 4.07. The van der Waals surface area contributed by atoms with Gasteiger partial charge in [0.2, 0.25) is 5.91 Å². The second-order valence-electron chi connectivity index (χ2n) is 4.19. The first-order chi connectivity index (χ1) is 7.54. The number of aryl methyl sites for hydroxylation is 1. The summed E-state index contributed by atoms with van der Waals surface area (Å²) in [6.45, 7) is 4.10. The molecule has 0 aliphatic heterocycles. The zero-order valence-electron chi connectivity index (χ0n) is 10.2. The lowest BCUT2D eigenvalue weighted by Crippen LogP contribution is -2.42. The molecular weight excluding hydrogens is 200 g/mol. The molecule has 0 aliphatic rings. The molecule has 0 aromatic heterocycles. The van der Waals surface area contributed by atoms with Crippen LogP contribution in [0.25, 0.3) is 0 Å². The van der Waals surface area contributed by atoms with Crippen molar-refractivity contribution in [3.05, 3.63) is 35.4 Å². The average Bonchev–Trinajstić information content (AvgIpc) is 2.27. The van der Waals surface area contributed by atoms with Crippen molar-refractivity contribution >= 4 is 5.91 Å². The van der Waals surface area contributed by atoms with Crippen molar-refractivity contribution < 1.29 is 4.79 Å². The molecule has 1 rings (SSSR count). The van der Waals surface area contributed by atoms with Gasteiger partial charge in [0.1, 0.15) is 0 Å². The molecule has 88 valence electrons. The highest BCUT2D eigenvalue weighted by molar-refractivity contribution is 5.75. The highest BCUT2D eigenvalue weighted by Crippen LogP contribution is 2.28. The molecule has 0 heterocycles. The Morgan fingerprint density at radius 1 is 1.38 bits per heavy atom. The summed E-state index contributed by atoms with van der Waals surface area (Å²) in [6, 6.07) is 8.21. The fraction of sp³-hybridized carbons (Fsp3) is 0.462. The summed E-state index contributed by atoms with van der Waals surface area (Å²) >= 11 is 0. The molecule has 0 bridgehead atoms. The van der Waals surface area contributed by atoms with Crippen molar-refractivity contribution in [1.82, 2.24) is 5.32 Å². The van der Waals surface area contributed by atoms with Crippen LogP contribution in [0, 0.1) is 6.92 Å². The quantitative estimate of drug-likeness (QED) is 0.793. The SMILES string of the molecule is CCC(CC(N)=O)(NC)c1ccc(C)cc1. The van der Waals surface area contributed by atoms with E-state index in [1.54, 1.807) is 0 Å². The minimum absolute atomic E-state index is 0.281. The topological polar surface area (TPSA) is 55.1 Å². The van der Waals surface area contributed by atoms with Crippen LogP contribution in [0.15, 0.2) is 24.3 Å². The van der Waals surface area contributed by atoms with Crippen molar-refractivity contribution in [2.45, 2.75) is 32.2 Å². The maximum atomic E-state index is 11.2. The molecule has 3 N–H and O–H groups in total. The van der Waals surface area contributed by atoms with E-state index in [0.717, 1.165) is 12.0 Å². The highest BCUT2D eigenvalue weighted by atomic mass is 16.1. The van der Waals surface area contributed by atoms with E-state index in [1.165, 1.54) is 5.56 Å². The molecule has 1 aromatic carbocycles. The third-order valence-electron chi connectivity index (χ3n) is 3.16. The van der Waals surface area contributed by atoms with Crippen LogP contribution in [0.3, 0.4) is 0 Å². The van der Waals surface area contributed by atoms with Gasteiger partial charge < -0.3 is 11.1 Å². The number of hydrogen-bond acceptors (Lipinski definition) is 2. The second kappa shape index (κ2) is 5.12. The molecule has 0 aliphatic carbocycles. The number of nitrogens with two attached hydrogens (primary N) is 1. The zero-order chi connectivity index (χ0) is 12.2. The summed E-state index contributed by atoms with van der Waals surface area (Å²) in [5.41, 5.74) is 7.31. The minimum Gasteiger partial charge on any atom is -0.370 e. The van der Waals surface area contributed by atoms with Gasteiger partial charge in [0, 0.05) is 6.42 Å². The lowest BCUT2D eigenvalue weighted by molar-refractivity contribution is -0.119. The number of hydrogen-bond donors (Lipinski definition) is 2. The summed E-state index contributed by atoms with van der Waals surface area (Å²) in [5.74, 6) is -0.281. The van der Waals surface area contributed by atoms with E-state index in [1.807, 2.05) is 14.0 Å². The summed E-state index contributed by atoms with van der Waals surface area (Å²) < 4.78 is 0. The minimum atomic E-state index is -0.334. The van der Waals surface area contributed by atoms with Gasteiger partial charge in [-0.3, -0.25) is 4.79 Å². The first kappa shape index (κ1) is 12.7. The Labute approximate surface area is 97.0 Å². The van der Waals surface area contributed by atoms with Crippen molar-refractivity contribution in [2.24, 2.45) is 5.73 Å². The predicted octanol–water partition coefficient (Wildman–Crippen LogP) is 1.70. The molecule has 0 spiro atoms. The number of rotatable bonds is 5. The summed E-state index contributed by atoms with van der Waals surface area (Å²) in [5, 5.41) is 3.23. The van der Waals surface area contributed by atoms with Crippen LogP contribution in [-0.2, 0) is 10.3 Å². The monoisotopic (exact) mass is 220 g/mol. The van der Waals surface area contributed by atoms with Crippen LogP contribution >= 0.6 is 0 Å². The normalized spacial score (nSPS) is 14.4. The van der Waals surface area contributed by atoms with E-state index in [4.69, 9.17) is 5.73 Å². The van der Waals surface area contributed by atoms with Crippen molar-refractivity contribution in [3.63, 3.8) is 0 Å². The van der Waals surface area contributed by atoms with E-state index < -0.39 is 0 Å². The van der Waals surface area contributed by atoms with Gasteiger partial charge in [-0.25, -0.2) is 0 Å². The predicted molar refractivity (Wildman–Crippen MR) is 66.0 cm³/mol. The number of primary amides is 1. The molecule has 16 heavy (non-hydrogen) atoms. The number of amides is 1. The molecule has 3 heteroatoms. The lowest BCUT2D eigenvalue weighted by atomic mass is 9.83. The molecular formula is C13H20N2O. The van der Waals surface area contributed by atoms with Gasteiger partial charge in [-0.05, 0) is 26.0 Å². The molecule has 1 aromatic rings.